The summed E-state index contributed by atoms with van der Waals surface area (Å²) in [5.41, 5.74) is 0.784. The fourth-order valence-electron chi connectivity index (χ4n) is 3.82. The van der Waals surface area contributed by atoms with E-state index in [-0.39, 0.29) is 16.5 Å². The van der Waals surface area contributed by atoms with E-state index in [1.807, 2.05) is 4.90 Å². The summed E-state index contributed by atoms with van der Waals surface area (Å²) in [7, 11) is -3.59. The van der Waals surface area contributed by atoms with Crippen LogP contribution < -0.4 is 4.90 Å². The quantitative estimate of drug-likeness (QED) is 0.733. The zero-order chi connectivity index (χ0) is 21.8. The zero-order valence-corrected chi connectivity index (χ0v) is 18.7. The van der Waals surface area contributed by atoms with Gasteiger partial charge >= 0.3 is 0 Å². The number of nitrogens with one attached hydrogen (secondary N) is 1. The van der Waals surface area contributed by atoms with Gasteiger partial charge in [-0.1, -0.05) is 0 Å². The Labute approximate surface area is 186 Å². The maximum absolute atomic E-state index is 13.0. The third-order valence-corrected chi connectivity index (χ3v) is 8.30. The molecule has 0 radical (unpaired) electrons. The van der Waals surface area contributed by atoms with Gasteiger partial charge in [-0.25, -0.2) is 13.4 Å². The van der Waals surface area contributed by atoms with Gasteiger partial charge in [-0.2, -0.15) is 21.3 Å². The maximum atomic E-state index is 13.0. The number of amides is 1. The van der Waals surface area contributed by atoms with Crippen LogP contribution in [0.25, 0.3) is 0 Å². The van der Waals surface area contributed by atoms with Crippen molar-refractivity contribution in [3.05, 3.63) is 41.9 Å². The highest BCUT2D eigenvalue weighted by atomic mass is 32.2. The second-order valence-corrected chi connectivity index (χ2v) is 10.5. The molecule has 2 aliphatic rings. The van der Waals surface area contributed by atoms with Crippen molar-refractivity contribution in [1.82, 2.24) is 19.2 Å². The number of nitriles is 1. The minimum absolute atomic E-state index is 0.131. The summed E-state index contributed by atoms with van der Waals surface area (Å²) in [5, 5.41) is 9.33. The zero-order valence-electron chi connectivity index (χ0n) is 17.0. The summed E-state index contributed by atoms with van der Waals surface area (Å²) in [6.07, 6.45) is 3.79. The van der Waals surface area contributed by atoms with Crippen LogP contribution in [0.4, 0.5) is 5.82 Å². The molecule has 11 heteroatoms. The molecular formula is C20H24N6O3S2. The molecule has 2 aromatic rings. The molecule has 2 saturated heterocycles. The molecular weight excluding hydrogens is 436 g/mol. The van der Waals surface area contributed by atoms with Crippen LogP contribution in [0.1, 0.15) is 22.5 Å². The van der Waals surface area contributed by atoms with E-state index in [2.05, 4.69) is 16.0 Å². The standard InChI is InChI=1S/C20H24N6O3S2/c21-14-16-3-1-4-22-19(16)24-5-2-6-25(8-7-24)20(27)18-13-17(15-23-18)31(28,29)26-9-11-30-12-10-26/h1,3-4,13,15,23H,2,5-12H2. The fraction of sp³-hybridized carbons (Fsp3) is 0.450. The lowest BCUT2D eigenvalue weighted by atomic mass is 10.2. The molecule has 0 bridgehead atoms. The lowest BCUT2D eigenvalue weighted by molar-refractivity contribution is 0.0762. The summed E-state index contributed by atoms with van der Waals surface area (Å²) in [4.78, 5) is 24.1. The number of pyridine rings is 1. The second-order valence-electron chi connectivity index (χ2n) is 7.38. The first-order valence-corrected chi connectivity index (χ1v) is 12.8. The molecule has 9 nitrogen and oxygen atoms in total. The monoisotopic (exact) mass is 460 g/mol. The number of anilines is 1. The SMILES string of the molecule is N#Cc1cccnc1N1CCCN(C(=O)c2cc(S(=O)(=O)N3CCSCC3)c[nH]2)CC1. The summed E-state index contributed by atoms with van der Waals surface area (Å²) in [6, 6.07) is 7.07. The molecule has 0 aromatic carbocycles. The first-order valence-electron chi connectivity index (χ1n) is 10.2. The van der Waals surface area contributed by atoms with Gasteiger partial charge in [0.15, 0.2) is 0 Å². The van der Waals surface area contributed by atoms with E-state index in [4.69, 9.17) is 0 Å². The van der Waals surface area contributed by atoms with Gasteiger partial charge < -0.3 is 14.8 Å². The number of H-pyrrole nitrogens is 1. The van der Waals surface area contributed by atoms with Gasteiger partial charge in [0.05, 0.1) is 5.56 Å². The molecule has 31 heavy (non-hydrogen) atoms. The Morgan fingerprint density at radius 3 is 2.74 bits per heavy atom. The average molecular weight is 461 g/mol. The molecule has 4 rings (SSSR count). The van der Waals surface area contributed by atoms with Crippen molar-refractivity contribution >= 4 is 33.5 Å². The highest BCUT2D eigenvalue weighted by Gasteiger charge is 2.29. The number of sulfonamides is 1. The number of hydrogen-bond donors (Lipinski definition) is 1. The Hall–Kier alpha value is -2.55. The van der Waals surface area contributed by atoms with E-state index < -0.39 is 10.0 Å². The van der Waals surface area contributed by atoms with Crippen molar-refractivity contribution < 1.29 is 13.2 Å². The van der Waals surface area contributed by atoms with Crippen LogP contribution in [0.3, 0.4) is 0 Å². The maximum Gasteiger partial charge on any atom is 0.270 e. The first kappa shape index (κ1) is 21.7. The van der Waals surface area contributed by atoms with Crippen molar-refractivity contribution in [1.29, 1.82) is 5.26 Å². The highest BCUT2D eigenvalue weighted by Crippen LogP contribution is 2.22. The van der Waals surface area contributed by atoms with E-state index in [9.17, 15) is 18.5 Å². The van der Waals surface area contributed by atoms with E-state index in [1.54, 1.807) is 35.0 Å². The molecule has 0 unspecified atom stereocenters. The van der Waals surface area contributed by atoms with Crippen molar-refractivity contribution in [3.8, 4) is 6.07 Å². The molecule has 2 aliphatic heterocycles. The summed E-state index contributed by atoms with van der Waals surface area (Å²) in [6.45, 7) is 3.23. The molecule has 0 spiro atoms. The van der Waals surface area contributed by atoms with Gasteiger partial charge in [-0.3, -0.25) is 4.79 Å². The number of nitrogens with zero attached hydrogens (tertiary/aromatic N) is 5. The molecule has 4 heterocycles. The first-order chi connectivity index (χ1) is 15.0. The van der Waals surface area contributed by atoms with Crippen LogP contribution in [0.15, 0.2) is 35.5 Å². The van der Waals surface area contributed by atoms with Gasteiger partial charge in [0, 0.05) is 63.2 Å². The fourth-order valence-corrected chi connectivity index (χ4v) is 6.39. The predicted molar refractivity (Wildman–Crippen MR) is 119 cm³/mol. The molecule has 2 aromatic heterocycles. The predicted octanol–water partition coefficient (Wildman–Crippen LogP) is 1.37. The van der Waals surface area contributed by atoms with E-state index in [1.165, 1.54) is 16.6 Å². The van der Waals surface area contributed by atoms with Crippen molar-refractivity contribution in [2.45, 2.75) is 11.3 Å². The van der Waals surface area contributed by atoms with Crippen LogP contribution in [0.5, 0.6) is 0 Å². The van der Waals surface area contributed by atoms with E-state index >= 15 is 0 Å². The van der Waals surface area contributed by atoms with Crippen LogP contribution >= 0.6 is 11.8 Å². The lowest BCUT2D eigenvalue weighted by Gasteiger charge is -2.25. The molecule has 2 fully saturated rings. The van der Waals surface area contributed by atoms with Crippen LogP contribution in [-0.2, 0) is 10.0 Å². The summed E-state index contributed by atoms with van der Waals surface area (Å²) in [5.74, 6) is 1.97. The van der Waals surface area contributed by atoms with E-state index in [0.717, 1.165) is 17.9 Å². The Bertz CT molecular complexity index is 1090. The van der Waals surface area contributed by atoms with Crippen molar-refractivity contribution in [2.24, 2.45) is 0 Å². The van der Waals surface area contributed by atoms with Gasteiger partial charge in [0.2, 0.25) is 10.0 Å². The van der Waals surface area contributed by atoms with Crippen molar-refractivity contribution in [3.63, 3.8) is 0 Å². The molecule has 0 saturated carbocycles. The number of thioether (sulfide) groups is 1. The minimum atomic E-state index is -3.59. The van der Waals surface area contributed by atoms with Gasteiger partial charge in [0.1, 0.15) is 22.5 Å². The topological polar surface area (TPSA) is 113 Å². The smallest absolute Gasteiger partial charge is 0.270 e. The Morgan fingerprint density at radius 2 is 1.97 bits per heavy atom. The number of rotatable bonds is 4. The Kier molecular flexibility index (Phi) is 6.50. The van der Waals surface area contributed by atoms with Gasteiger partial charge in [0.25, 0.3) is 5.91 Å². The molecule has 164 valence electrons. The van der Waals surface area contributed by atoms with Crippen LogP contribution in [0, 0.1) is 11.3 Å². The second kappa shape index (κ2) is 9.30. The molecule has 1 amide bonds. The van der Waals surface area contributed by atoms with Crippen LogP contribution in [0.2, 0.25) is 0 Å². The average Bonchev–Trinajstić information content (AvgIpc) is 3.19. The van der Waals surface area contributed by atoms with Crippen molar-refractivity contribution in [2.75, 3.05) is 55.7 Å². The van der Waals surface area contributed by atoms with Crippen LogP contribution in [-0.4, -0.2) is 84.3 Å². The third-order valence-electron chi connectivity index (χ3n) is 5.48. The molecule has 0 atom stereocenters. The number of hydrogen-bond acceptors (Lipinski definition) is 7. The molecule has 1 N–H and O–H groups in total. The number of aromatic nitrogens is 2. The number of carbonyl (C=O) groups excluding carboxylic acids is 1. The Morgan fingerprint density at radius 1 is 1.16 bits per heavy atom. The van der Waals surface area contributed by atoms with Gasteiger partial charge in [-0.05, 0) is 24.6 Å². The van der Waals surface area contributed by atoms with E-state index in [0.29, 0.717) is 50.6 Å². The largest absolute Gasteiger partial charge is 0.356 e. The highest BCUT2D eigenvalue weighted by molar-refractivity contribution is 7.99. The third kappa shape index (κ3) is 4.56. The summed E-state index contributed by atoms with van der Waals surface area (Å²) >= 11 is 1.74. The van der Waals surface area contributed by atoms with Gasteiger partial charge in [-0.15, -0.1) is 0 Å². The Balaban J connectivity index is 1.45. The normalized spacial score (nSPS) is 18.4. The minimum Gasteiger partial charge on any atom is -0.356 e. The number of aromatic amines is 1. The summed E-state index contributed by atoms with van der Waals surface area (Å²) < 4.78 is 27.2. The number of carbonyl (C=O) groups is 1. The lowest BCUT2D eigenvalue weighted by Crippen LogP contribution is -2.37. The molecule has 0 aliphatic carbocycles.